The number of hydrogen-bond donors (Lipinski definition) is 1. The zero-order valence-electron chi connectivity index (χ0n) is 8.68. The molecule has 0 spiro atoms. The molecule has 0 bridgehead atoms. The van der Waals surface area contributed by atoms with Crippen molar-refractivity contribution < 1.29 is 0 Å². The first-order valence-corrected chi connectivity index (χ1v) is 5.26. The van der Waals surface area contributed by atoms with Gasteiger partial charge in [0.2, 0.25) is 0 Å². The monoisotopic (exact) mass is 179 g/mol. The maximum atomic E-state index is 6.00. The Balaban J connectivity index is 2.30. The Labute approximate surface area is 81.7 Å². The molecule has 0 fully saturated rings. The van der Waals surface area contributed by atoms with Crippen LogP contribution in [0.2, 0.25) is 0 Å². The molecule has 1 rings (SSSR count). The third kappa shape index (κ3) is 4.28. The van der Waals surface area contributed by atoms with Crippen LogP contribution < -0.4 is 5.73 Å². The summed E-state index contributed by atoms with van der Waals surface area (Å²) in [6, 6.07) is 0.293. The summed E-state index contributed by atoms with van der Waals surface area (Å²) in [6.07, 6.45) is 9.66. The minimum atomic E-state index is 0.293. The normalized spacial score (nSPS) is 19.4. The predicted octanol–water partition coefficient (Wildman–Crippen LogP) is 3.17. The van der Waals surface area contributed by atoms with Gasteiger partial charge in [0.25, 0.3) is 0 Å². The fourth-order valence-corrected chi connectivity index (χ4v) is 1.95. The van der Waals surface area contributed by atoms with E-state index in [1.54, 1.807) is 5.57 Å². The highest BCUT2D eigenvalue weighted by molar-refractivity contribution is 5.08. The van der Waals surface area contributed by atoms with Crippen molar-refractivity contribution in [3.05, 3.63) is 23.8 Å². The molecule has 0 aromatic rings. The van der Waals surface area contributed by atoms with Crippen LogP contribution in [0.3, 0.4) is 0 Å². The molecule has 0 saturated carbocycles. The Hall–Kier alpha value is -0.560. The van der Waals surface area contributed by atoms with Gasteiger partial charge in [-0.15, -0.1) is 6.58 Å². The van der Waals surface area contributed by atoms with Gasteiger partial charge in [0, 0.05) is 6.04 Å². The van der Waals surface area contributed by atoms with Gasteiger partial charge in [0.05, 0.1) is 0 Å². The standard InChI is InChI=1S/C12H21N/c1-10(2)8-12(13)9-11-6-4-3-5-7-11/h6,12H,1,3-5,7-9,13H2,2H3. The first-order valence-electron chi connectivity index (χ1n) is 5.26. The van der Waals surface area contributed by atoms with E-state index in [-0.39, 0.29) is 0 Å². The summed E-state index contributed by atoms with van der Waals surface area (Å²) in [7, 11) is 0. The summed E-state index contributed by atoms with van der Waals surface area (Å²) in [5.74, 6) is 0. The SMILES string of the molecule is C=C(C)CC(N)CC1=CCCCC1. The van der Waals surface area contributed by atoms with E-state index in [0.29, 0.717) is 6.04 Å². The van der Waals surface area contributed by atoms with Crippen LogP contribution in [-0.2, 0) is 0 Å². The van der Waals surface area contributed by atoms with E-state index in [4.69, 9.17) is 5.73 Å². The van der Waals surface area contributed by atoms with Gasteiger partial charge in [-0.2, -0.15) is 0 Å². The Morgan fingerprint density at radius 3 is 2.92 bits per heavy atom. The summed E-state index contributed by atoms with van der Waals surface area (Å²) < 4.78 is 0. The molecule has 2 N–H and O–H groups in total. The second-order valence-corrected chi connectivity index (χ2v) is 4.23. The molecule has 0 amide bonds. The van der Waals surface area contributed by atoms with Crippen molar-refractivity contribution in [2.45, 2.75) is 51.5 Å². The lowest BCUT2D eigenvalue weighted by Gasteiger charge is -2.17. The average Bonchev–Trinajstić information content (AvgIpc) is 2.04. The van der Waals surface area contributed by atoms with E-state index < -0.39 is 0 Å². The largest absolute Gasteiger partial charge is 0.327 e. The fourth-order valence-electron chi connectivity index (χ4n) is 1.95. The Morgan fingerprint density at radius 1 is 1.62 bits per heavy atom. The lowest BCUT2D eigenvalue weighted by molar-refractivity contribution is 0.604. The molecule has 0 aromatic heterocycles. The van der Waals surface area contributed by atoms with E-state index in [1.165, 1.54) is 31.3 Å². The van der Waals surface area contributed by atoms with Crippen molar-refractivity contribution in [1.82, 2.24) is 0 Å². The highest BCUT2D eigenvalue weighted by atomic mass is 14.6. The minimum absolute atomic E-state index is 0.293. The van der Waals surface area contributed by atoms with E-state index in [2.05, 4.69) is 19.6 Å². The maximum Gasteiger partial charge on any atom is 0.0113 e. The molecule has 13 heavy (non-hydrogen) atoms. The zero-order chi connectivity index (χ0) is 9.68. The van der Waals surface area contributed by atoms with Gasteiger partial charge in [-0.05, 0) is 45.4 Å². The van der Waals surface area contributed by atoms with Gasteiger partial charge in [0.15, 0.2) is 0 Å². The van der Waals surface area contributed by atoms with Crippen molar-refractivity contribution in [2.75, 3.05) is 0 Å². The van der Waals surface area contributed by atoms with Crippen LogP contribution in [-0.4, -0.2) is 6.04 Å². The first kappa shape index (κ1) is 10.5. The Morgan fingerprint density at radius 2 is 2.38 bits per heavy atom. The molecular weight excluding hydrogens is 158 g/mol. The first-order chi connectivity index (χ1) is 6.18. The minimum Gasteiger partial charge on any atom is -0.327 e. The molecule has 1 aliphatic carbocycles. The van der Waals surface area contributed by atoms with Crippen LogP contribution in [0.5, 0.6) is 0 Å². The summed E-state index contributed by atoms with van der Waals surface area (Å²) in [5, 5.41) is 0. The highest BCUT2D eigenvalue weighted by Gasteiger charge is 2.08. The van der Waals surface area contributed by atoms with Crippen molar-refractivity contribution in [2.24, 2.45) is 5.73 Å². The molecule has 0 aromatic carbocycles. The molecule has 1 aliphatic rings. The third-order valence-electron chi connectivity index (χ3n) is 2.52. The molecule has 74 valence electrons. The van der Waals surface area contributed by atoms with Crippen LogP contribution >= 0.6 is 0 Å². The van der Waals surface area contributed by atoms with Gasteiger partial charge in [-0.3, -0.25) is 0 Å². The molecule has 1 heteroatoms. The van der Waals surface area contributed by atoms with E-state index in [1.807, 2.05) is 0 Å². The van der Waals surface area contributed by atoms with Crippen molar-refractivity contribution in [1.29, 1.82) is 0 Å². The molecule has 1 atom stereocenters. The highest BCUT2D eigenvalue weighted by Crippen LogP contribution is 2.22. The quantitative estimate of drug-likeness (QED) is 0.659. The smallest absolute Gasteiger partial charge is 0.0113 e. The van der Waals surface area contributed by atoms with Crippen molar-refractivity contribution >= 4 is 0 Å². The summed E-state index contributed by atoms with van der Waals surface area (Å²) in [6.45, 7) is 5.94. The van der Waals surface area contributed by atoms with Crippen LogP contribution in [0.1, 0.15) is 45.4 Å². The van der Waals surface area contributed by atoms with Crippen LogP contribution in [0.15, 0.2) is 23.8 Å². The third-order valence-corrected chi connectivity index (χ3v) is 2.52. The molecule has 0 saturated heterocycles. The Bertz CT molecular complexity index is 203. The topological polar surface area (TPSA) is 26.0 Å². The number of rotatable bonds is 4. The van der Waals surface area contributed by atoms with E-state index in [9.17, 15) is 0 Å². The summed E-state index contributed by atoms with van der Waals surface area (Å²) in [5.41, 5.74) is 8.77. The van der Waals surface area contributed by atoms with Crippen molar-refractivity contribution in [3.63, 3.8) is 0 Å². The fraction of sp³-hybridized carbons (Fsp3) is 0.667. The van der Waals surface area contributed by atoms with E-state index in [0.717, 1.165) is 12.8 Å². The van der Waals surface area contributed by atoms with E-state index >= 15 is 0 Å². The Kier molecular flexibility index (Phi) is 4.23. The second kappa shape index (κ2) is 5.23. The molecule has 0 aliphatic heterocycles. The molecule has 1 nitrogen and oxygen atoms in total. The average molecular weight is 179 g/mol. The van der Waals surface area contributed by atoms with Crippen LogP contribution in [0.4, 0.5) is 0 Å². The predicted molar refractivity (Wildman–Crippen MR) is 58.6 cm³/mol. The number of allylic oxidation sites excluding steroid dienone is 1. The van der Waals surface area contributed by atoms with Gasteiger partial charge in [-0.25, -0.2) is 0 Å². The van der Waals surface area contributed by atoms with Gasteiger partial charge < -0.3 is 5.73 Å². The second-order valence-electron chi connectivity index (χ2n) is 4.23. The number of nitrogens with two attached hydrogens (primary N) is 1. The summed E-state index contributed by atoms with van der Waals surface area (Å²) >= 11 is 0. The lowest BCUT2D eigenvalue weighted by atomic mass is 9.93. The maximum absolute atomic E-state index is 6.00. The van der Waals surface area contributed by atoms with Crippen molar-refractivity contribution in [3.8, 4) is 0 Å². The summed E-state index contributed by atoms with van der Waals surface area (Å²) in [4.78, 5) is 0. The molecule has 0 radical (unpaired) electrons. The van der Waals surface area contributed by atoms with Gasteiger partial charge >= 0.3 is 0 Å². The number of hydrogen-bond acceptors (Lipinski definition) is 1. The molecule has 0 heterocycles. The molecule has 1 unspecified atom stereocenters. The van der Waals surface area contributed by atoms with Crippen LogP contribution in [0.25, 0.3) is 0 Å². The molecular formula is C12H21N. The van der Waals surface area contributed by atoms with Gasteiger partial charge in [-0.1, -0.05) is 17.2 Å². The lowest BCUT2D eigenvalue weighted by Crippen LogP contribution is -2.21. The zero-order valence-corrected chi connectivity index (χ0v) is 8.68. The van der Waals surface area contributed by atoms with Gasteiger partial charge in [0.1, 0.15) is 0 Å². The van der Waals surface area contributed by atoms with Crippen LogP contribution in [0, 0.1) is 0 Å².